The second-order valence-electron chi connectivity index (χ2n) is 3.00. The predicted octanol–water partition coefficient (Wildman–Crippen LogP) is 6.47. The van der Waals surface area contributed by atoms with Crippen LogP contribution in [0.5, 0.6) is 0 Å². The molecule has 1 unspecified atom stereocenters. The third-order valence-corrected chi connectivity index (χ3v) is 1.26. The van der Waals surface area contributed by atoms with Gasteiger partial charge in [0.25, 0.3) is 0 Å². The second-order valence-corrected chi connectivity index (χ2v) is 3.00. The quantitative estimate of drug-likeness (QED) is 0.474. The molecule has 96 valence electrons. The van der Waals surface area contributed by atoms with Crippen LogP contribution in [0.1, 0.15) is 81.6 Å². The van der Waals surface area contributed by atoms with E-state index in [1.165, 1.54) is 19.3 Å². The van der Waals surface area contributed by atoms with Gasteiger partial charge in [-0.15, -0.1) is 0 Å². The summed E-state index contributed by atoms with van der Waals surface area (Å²) in [6.45, 7) is 18.8. The van der Waals surface area contributed by atoms with Gasteiger partial charge in [0.2, 0.25) is 0 Å². The Kier molecular flexibility index (Phi) is 59.9. The molecule has 0 rings (SSSR count). The van der Waals surface area contributed by atoms with Crippen LogP contribution in [0, 0.1) is 5.92 Å². The summed E-state index contributed by atoms with van der Waals surface area (Å²) in [5.74, 6) is 0.782. The van der Waals surface area contributed by atoms with E-state index in [4.69, 9.17) is 0 Å². The van der Waals surface area contributed by atoms with Crippen molar-refractivity contribution in [3.8, 4) is 0 Å². The lowest BCUT2D eigenvalue weighted by molar-refractivity contribution is 0.633. The molecular formula is C15H36. The Balaban J connectivity index is -0.0000000726. The van der Waals surface area contributed by atoms with Crippen LogP contribution in [-0.2, 0) is 0 Å². The maximum atomic E-state index is 2.25. The third kappa shape index (κ3) is 57.5. The van der Waals surface area contributed by atoms with Crippen LogP contribution >= 0.6 is 0 Å². The van der Waals surface area contributed by atoms with Gasteiger partial charge in [0.1, 0.15) is 0 Å². The normalized spacial score (nSPS) is 9.93. The monoisotopic (exact) mass is 216 g/mol. The predicted molar refractivity (Wildman–Crippen MR) is 77.5 cm³/mol. The van der Waals surface area contributed by atoms with Gasteiger partial charge in [-0.1, -0.05) is 80.4 Å². The summed E-state index contributed by atoms with van der Waals surface area (Å²) in [5.41, 5.74) is 0. The van der Waals surface area contributed by atoms with Crippen molar-refractivity contribution in [3.05, 3.63) is 12.2 Å². The molecule has 0 saturated carbocycles. The minimum absolute atomic E-state index is 0.782. The van der Waals surface area contributed by atoms with Crippen molar-refractivity contribution in [1.82, 2.24) is 0 Å². The van der Waals surface area contributed by atoms with E-state index < -0.39 is 0 Å². The highest BCUT2D eigenvalue weighted by Crippen LogP contribution is 2.05. The molecule has 0 spiro atoms. The van der Waals surface area contributed by atoms with E-state index in [9.17, 15) is 0 Å². The summed E-state index contributed by atoms with van der Waals surface area (Å²) < 4.78 is 0. The molecule has 0 saturated heterocycles. The zero-order valence-electron chi connectivity index (χ0n) is 12.9. The molecule has 0 fully saturated rings. The van der Waals surface area contributed by atoms with Crippen molar-refractivity contribution in [2.24, 2.45) is 5.92 Å². The molecule has 0 aromatic rings. The Morgan fingerprint density at radius 2 is 1.27 bits per heavy atom. The minimum Gasteiger partial charge on any atom is -0.0914 e. The van der Waals surface area contributed by atoms with E-state index in [0.717, 1.165) is 5.92 Å². The van der Waals surface area contributed by atoms with Crippen LogP contribution < -0.4 is 0 Å². The van der Waals surface area contributed by atoms with E-state index in [1.807, 2.05) is 27.7 Å². The number of allylic oxidation sites excluding steroid dienone is 2. The largest absolute Gasteiger partial charge is 0.0914 e. The average molecular weight is 216 g/mol. The zero-order chi connectivity index (χ0) is 13.1. The number of hydrogen-bond donors (Lipinski definition) is 0. The van der Waals surface area contributed by atoms with Crippen molar-refractivity contribution in [3.63, 3.8) is 0 Å². The van der Waals surface area contributed by atoms with Crippen molar-refractivity contribution in [1.29, 1.82) is 0 Å². The molecule has 0 amide bonds. The molecule has 15 heavy (non-hydrogen) atoms. The third-order valence-electron chi connectivity index (χ3n) is 1.26. The highest BCUT2D eigenvalue weighted by Gasteiger charge is 1.90. The number of rotatable bonds is 3. The summed E-state index contributed by atoms with van der Waals surface area (Å²) in [6.07, 6.45) is 8.25. The molecule has 0 aromatic carbocycles. The fourth-order valence-corrected chi connectivity index (χ4v) is 0.880. The highest BCUT2D eigenvalue weighted by atomic mass is 14.0. The van der Waals surface area contributed by atoms with Crippen LogP contribution in [-0.4, -0.2) is 0 Å². The van der Waals surface area contributed by atoms with Gasteiger partial charge in [-0.25, -0.2) is 0 Å². The molecular weight excluding hydrogens is 180 g/mol. The molecule has 0 aromatic heterocycles. The highest BCUT2D eigenvalue weighted by molar-refractivity contribution is 4.82. The van der Waals surface area contributed by atoms with Crippen LogP contribution in [0.4, 0.5) is 0 Å². The lowest BCUT2D eigenvalue weighted by atomic mass is 10.1. The summed E-state index contributed by atoms with van der Waals surface area (Å²) >= 11 is 0. The van der Waals surface area contributed by atoms with E-state index in [1.54, 1.807) is 0 Å². The molecule has 0 bridgehead atoms. The fraction of sp³-hybridized carbons (Fsp3) is 0.867. The topological polar surface area (TPSA) is 0 Å². The van der Waals surface area contributed by atoms with E-state index in [-0.39, 0.29) is 0 Å². The first-order valence-corrected chi connectivity index (χ1v) is 6.85. The van der Waals surface area contributed by atoms with Crippen molar-refractivity contribution in [2.45, 2.75) is 81.6 Å². The van der Waals surface area contributed by atoms with Gasteiger partial charge < -0.3 is 0 Å². The smallest absolute Gasteiger partial charge is 0.0262 e. The fourth-order valence-electron chi connectivity index (χ4n) is 0.880. The zero-order valence-corrected chi connectivity index (χ0v) is 12.9. The average Bonchev–Trinajstić information content (AvgIpc) is 2.26. The maximum absolute atomic E-state index is 2.25. The summed E-state index contributed by atoms with van der Waals surface area (Å²) in [5, 5.41) is 0. The van der Waals surface area contributed by atoms with Gasteiger partial charge in [0.05, 0.1) is 0 Å². The van der Waals surface area contributed by atoms with Gasteiger partial charge in [-0.05, 0) is 19.3 Å². The first-order valence-electron chi connectivity index (χ1n) is 6.85. The molecule has 0 aliphatic rings. The lowest BCUT2D eigenvalue weighted by Gasteiger charge is -1.99. The first kappa shape index (κ1) is 24.1. The Hall–Kier alpha value is -0.260. The van der Waals surface area contributed by atoms with E-state index in [2.05, 4.69) is 46.8 Å². The maximum Gasteiger partial charge on any atom is -0.0262 e. The summed E-state index contributed by atoms with van der Waals surface area (Å²) in [6, 6.07) is 0. The lowest BCUT2D eigenvalue weighted by Crippen LogP contribution is -1.85. The Morgan fingerprint density at radius 1 is 0.933 bits per heavy atom. The first-order chi connectivity index (χ1) is 7.22. The molecule has 0 N–H and O–H groups in total. The second kappa shape index (κ2) is 37.2. The van der Waals surface area contributed by atoms with Gasteiger partial charge in [0, 0.05) is 0 Å². The molecule has 0 radical (unpaired) electrons. The van der Waals surface area contributed by atoms with Gasteiger partial charge in [-0.2, -0.15) is 0 Å². The standard InChI is InChI=1S/C8H16.C3H8.2C2H6/c1-4-6-8(3)7-5-2;1-3-2;2*1-2/h4,6,8H,5,7H2,1-3H3;3H2,1-2H3;2*1-2H3/b6-4+;;;. The summed E-state index contributed by atoms with van der Waals surface area (Å²) in [4.78, 5) is 0. The molecule has 0 heteroatoms. The van der Waals surface area contributed by atoms with Crippen LogP contribution in [0.3, 0.4) is 0 Å². The van der Waals surface area contributed by atoms with Crippen LogP contribution in [0.15, 0.2) is 12.2 Å². The van der Waals surface area contributed by atoms with Crippen LogP contribution in [0.25, 0.3) is 0 Å². The Bertz CT molecular complexity index is 72.1. The molecule has 0 aliphatic carbocycles. The molecule has 0 heterocycles. The SMILES string of the molecule is C/C=C/C(C)CCC.CC.CC.CCC. The molecule has 0 aliphatic heterocycles. The van der Waals surface area contributed by atoms with Crippen LogP contribution in [0.2, 0.25) is 0 Å². The molecule has 0 nitrogen and oxygen atoms in total. The van der Waals surface area contributed by atoms with Crippen molar-refractivity contribution in [2.75, 3.05) is 0 Å². The number of hydrogen-bond acceptors (Lipinski definition) is 0. The van der Waals surface area contributed by atoms with E-state index >= 15 is 0 Å². The van der Waals surface area contributed by atoms with Gasteiger partial charge in [0.15, 0.2) is 0 Å². The van der Waals surface area contributed by atoms with Gasteiger partial charge >= 0.3 is 0 Å². The summed E-state index contributed by atoms with van der Waals surface area (Å²) in [7, 11) is 0. The van der Waals surface area contributed by atoms with E-state index in [0.29, 0.717) is 0 Å². The van der Waals surface area contributed by atoms with Gasteiger partial charge in [-0.3, -0.25) is 0 Å². The van der Waals surface area contributed by atoms with Crippen molar-refractivity contribution < 1.29 is 0 Å². The molecule has 1 atom stereocenters. The minimum atomic E-state index is 0.782. The Morgan fingerprint density at radius 3 is 1.47 bits per heavy atom. The van der Waals surface area contributed by atoms with Crippen molar-refractivity contribution >= 4 is 0 Å². The Labute approximate surface area is 100 Å².